The van der Waals surface area contributed by atoms with Crippen molar-refractivity contribution in [3.8, 4) is 17.6 Å². The van der Waals surface area contributed by atoms with E-state index in [0.717, 1.165) is 0 Å². The van der Waals surface area contributed by atoms with Gasteiger partial charge in [-0.1, -0.05) is 48.6 Å². The fraction of sp³-hybridized carbons (Fsp3) is 0.207. The summed E-state index contributed by atoms with van der Waals surface area (Å²) in [4.78, 5) is 29.2. The Morgan fingerprint density at radius 3 is 2.41 bits per heavy atom. The third kappa shape index (κ3) is 3.54. The summed E-state index contributed by atoms with van der Waals surface area (Å²) < 4.78 is 25.0. The van der Waals surface area contributed by atoms with Crippen molar-refractivity contribution >= 4 is 23.5 Å². The van der Waals surface area contributed by atoms with Gasteiger partial charge in [-0.2, -0.15) is 5.26 Å². The van der Waals surface area contributed by atoms with Gasteiger partial charge in [0.1, 0.15) is 11.9 Å². The number of ketones is 1. The number of halogens is 1. The number of fused-ring (bicyclic) bond motifs is 3. The molecule has 0 unspecified atom stereocenters. The number of ether oxygens (including phenoxy) is 2. The molecule has 2 N–H and O–H groups in total. The number of hydrogen-bond acceptors (Lipinski definition) is 6. The van der Waals surface area contributed by atoms with Gasteiger partial charge in [-0.25, -0.2) is 4.39 Å². The Morgan fingerprint density at radius 2 is 1.76 bits per heavy atom. The van der Waals surface area contributed by atoms with Crippen LogP contribution in [0.1, 0.15) is 27.4 Å². The second kappa shape index (κ2) is 9.10. The molecule has 0 saturated carbocycles. The molecule has 1 amide bonds. The van der Waals surface area contributed by atoms with E-state index in [-0.39, 0.29) is 5.78 Å². The third-order valence-corrected chi connectivity index (χ3v) is 7.28. The molecule has 8 heteroatoms. The Kier molecular flexibility index (Phi) is 5.92. The average molecular weight is 498 g/mol. The van der Waals surface area contributed by atoms with Gasteiger partial charge in [0, 0.05) is 22.7 Å². The molecular formula is C29H24FN3O4. The fourth-order valence-electron chi connectivity index (χ4n) is 5.65. The number of anilines is 1. The van der Waals surface area contributed by atoms with E-state index in [2.05, 4.69) is 6.07 Å². The molecule has 1 saturated heterocycles. The number of Topliss-reactive ketones (excluding diaryl/α,β-unsaturated/α-hetero) is 1. The molecule has 3 aromatic carbocycles. The second-order valence-corrected chi connectivity index (χ2v) is 9.03. The molecule has 37 heavy (non-hydrogen) atoms. The predicted octanol–water partition coefficient (Wildman–Crippen LogP) is 4.09. The SMILES string of the molecule is COc1ccc([C@@H]2[C@H](C(=O)c3ccccc3)N3c4ccc(F)cc4C=C[C@H]3[C@@]2(C#N)C(N)=O)cc1OC. The maximum absolute atomic E-state index is 14.2. The number of amides is 1. The number of hydrogen-bond donors (Lipinski definition) is 1. The number of nitriles is 1. The first-order chi connectivity index (χ1) is 17.9. The van der Waals surface area contributed by atoms with Gasteiger partial charge in [0.15, 0.2) is 22.7 Å². The Bertz CT molecular complexity index is 1470. The first-order valence-electron chi connectivity index (χ1n) is 11.7. The lowest BCUT2D eigenvalue weighted by Crippen LogP contribution is -2.49. The monoisotopic (exact) mass is 497 g/mol. The zero-order valence-electron chi connectivity index (χ0n) is 20.2. The molecule has 0 aromatic heterocycles. The molecule has 7 nitrogen and oxygen atoms in total. The van der Waals surface area contributed by atoms with Crippen LogP contribution in [0.4, 0.5) is 10.1 Å². The summed E-state index contributed by atoms with van der Waals surface area (Å²) in [6.07, 6.45) is 3.32. The van der Waals surface area contributed by atoms with Crippen molar-refractivity contribution in [3.63, 3.8) is 0 Å². The van der Waals surface area contributed by atoms with Gasteiger partial charge in [0.2, 0.25) is 5.91 Å². The zero-order chi connectivity index (χ0) is 26.3. The van der Waals surface area contributed by atoms with Crippen LogP contribution in [0.3, 0.4) is 0 Å². The Hall–Kier alpha value is -4.64. The number of nitrogens with zero attached hydrogens (tertiary/aromatic N) is 2. The first-order valence-corrected chi connectivity index (χ1v) is 11.7. The van der Waals surface area contributed by atoms with Crippen molar-refractivity contribution in [2.45, 2.75) is 18.0 Å². The van der Waals surface area contributed by atoms with Crippen LogP contribution in [-0.2, 0) is 4.79 Å². The lowest BCUT2D eigenvalue weighted by Gasteiger charge is -2.36. The highest BCUT2D eigenvalue weighted by molar-refractivity contribution is 6.06. The standard InChI is InChI=1S/C29H24FN3O4/c1-36-22-12-8-19(15-23(22)37-2)25-26(27(34)17-6-4-3-5-7-17)33-21-11-10-20(30)14-18(21)9-13-24(33)29(25,16-31)28(32)35/h3-15,24-26H,1-2H3,(H2,32,35)/t24-,25+,26+,29+/m0/s1. The van der Waals surface area contributed by atoms with Gasteiger partial charge in [-0.3, -0.25) is 9.59 Å². The van der Waals surface area contributed by atoms with E-state index in [1.807, 2.05) is 0 Å². The molecule has 2 aliphatic rings. The van der Waals surface area contributed by atoms with Gasteiger partial charge in [-0.05, 0) is 35.9 Å². The second-order valence-electron chi connectivity index (χ2n) is 9.03. The van der Waals surface area contributed by atoms with Gasteiger partial charge in [0.05, 0.1) is 26.3 Å². The van der Waals surface area contributed by atoms with E-state index in [4.69, 9.17) is 15.2 Å². The van der Waals surface area contributed by atoms with E-state index < -0.39 is 35.1 Å². The van der Waals surface area contributed by atoms with Crippen LogP contribution in [-0.4, -0.2) is 38.0 Å². The van der Waals surface area contributed by atoms with Crippen molar-refractivity contribution in [3.05, 3.63) is 95.3 Å². The fourth-order valence-corrected chi connectivity index (χ4v) is 5.65. The summed E-state index contributed by atoms with van der Waals surface area (Å²) in [5, 5.41) is 10.6. The maximum Gasteiger partial charge on any atom is 0.241 e. The number of carbonyl (C=O) groups is 2. The Balaban J connectivity index is 1.82. The highest BCUT2D eigenvalue weighted by Gasteiger charge is 2.65. The van der Waals surface area contributed by atoms with Crippen LogP contribution >= 0.6 is 0 Å². The van der Waals surface area contributed by atoms with Crippen molar-refractivity contribution in [1.82, 2.24) is 0 Å². The van der Waals surface area contributed by atoms with Gasteiger partial charge in [0.25, 0.3) is 0 Å². The van der Waals surface area contributed by atoms with Crippen molar-refractivity contribution in [2.24, 2.45) is 11.1 Å². The summed E-state index contributed by atoms with van der Waals surface area (Å²) in [7, 11) is 2.98. The van der Waals surface area contributed by atoms with Crippen LogP contribution in [0.25, 0.3) is 6.08 Å². The van der Waals surface area contributed by atoms with E-state index in [1.165, 1.54) is 26.4 Å². The van der Waals surface area contributed by atoms with Gasteiger partial charge in [-0.15, -0.1) is 0 Å². The first kappa shape index (κ1) is 24.1. The summed E-state index contributed by atoms with van der Waals surface area (Å²) in [5.41, 5.74) is 6.17. The predicted molar refractivity (Wildman–Crippen MR) is 136 cm³/mol. The van der Waals surface area contributed by atoms with Crippen LogP contribution in [0, 0.1) is 22.6 Å². The lowest BCUT2D eigenvalue weighted by molar-refractivity contribution is -0.125. The van der Waals surface area contributed by atoms with Gasteiger partial charge < -0.3 is 20.1 Å². The topological polar surface area (TPSA) is 106 Å². The van der Waals surface area contributed by atoms with E-state index in [9.17, 15) is 19.2 Å². The van der Waals surface area contributed by atoms with Crippen LogP contribution in [0.15, 0.2) is 72.8 Å². The molecule has 0 bridgehead atoms. The smallest absolute Gasteiger partial charge is 0.241 e. The lowest BCUT2D eigenvalue weighted by atomic mass is 9.67. The number of methoxy groups -OCH3 is 2. The minimum absolute atomic E-state index is 0.297. The molecule has 5 rings (SSSR count). The Morgan fingerprint density at radius 1 is 1.03 bits per heavy atom. The van der Waals surface area contributed by atoms with E-state index >= 15 is 0 Å². The van der Waals surface area contributed by atoms with Crippen LogP contribution in [0.2, 0.25) is 0 Å². The van der Waals surface area contributed by atoms with Crippen LogP contribution in [0.5, 0.6) is 11.5 Å². The minimum atomic E-state index is -1.82. The zero-order valence-corrected chi connectivity index (χ0v) is 20.2. The summed E-state index contributed by atoms with van der Waals surface area (Å²) in [6, 6.07) is 18.2. The van der Waals surface area contributed by atoms with Crippen molar-refractivity contribution in [1.29, 1.82) is 5.26 Å². The van der Waals surface area contributed by atoms with Gasteiger partial charge >= 0.3 is 0 Å². The third-order valence-electron chi connectivity index (χ3n) is 7.28. The van der Waals surface area contributed by atoms with E-state index in [0.29, 0.717) is 33.9 Å². The molecule has 2 heterocycles. The number of carbonyl (C=O) groups excluding carboxylic acids is 2. The molecular weight excluding hydrogens is 473 g/mol. The maximum atomic E-state index is 14.2. The summed E-state index contributed by atoms with van der Waals surface area (Å²) in [6.45, 7) is 0. The van der Waals surface area contributed by atoms with Crippen molar-refractivity contribution < 1.29 is 23.5 Å². The quantitative estimate of drug-likeness (QED) is 0.515. The summed E-state index contributed by atoms with van der Waals surface area (Å²) >= 11 is 0. The number of nitrogens with two attached hydrogens (primary N) is 1. The molecule has 186 valence electrons. The summed E-state index contributed by atoms with van der Waals surface area (Å²) in [5.74, 6) is -1.74. The molecule has 0 radical (unpaired) electrons. The number of rotatable bonds is 6. The molecule has 4 atom stereocenters. The minimum Gasteiger partial charge on any atom is -0.493 e. The molecule has 2 aliphatic heterocycles. The Labute approximate surface area is 213 Å². The van der Waals surface area contributed by atoms with Crippen molar-refractivity contribution in [2.75, 3.05) is 19.1 Å². The molecule has 0 aliphatic carbocycles. The normalized spacial score (nSPS) is 23.5. The number of benzene rings is 3. The van der Waals surface area contributed by atoms with Crippen LogP contribution < -0.4 is 20.1 Å². The average Bonchev–Trinajstić information content (AvgIpc) is 3.24. The highest BCUT2D eigenvalue weighted by Crippen LogP contribution is 2.56. The largest absolute Gasteiger partial charge is 0.493 e. The molecule has 3 aromatic rings. The number of primary amides is 1. The van der Waals surface area contributed by atoms with E-state index in [1.54, 1.807) is 71.6 Å². The molecule has 0 spiro atoms. The molecule has 1 fully saturated rings. The highest BCUT2D eigenvalue weighted by atomic mass is 19.1.